The topological polar surface area (TPSA) is 62.3 Å². The molecule has 1 N–H and O–H groups in total. The SMILES string of the molecule is O=S(=O)(NCC1CCN(c2ccncc2)CC1)c1cc(F)ccc1F. The molecule has 1 aliphatic heterocycles. The van der Waals surface area contributed by atoms with Gasteiger partial charge in [0.15, 0.2) is 0 Å². The summed E-state index contributed by atoms with van der Waals surface area (Å²) < 4.78 is 53.7. The number of piperidine rings is 1. The van der Waals surface area contributed by atoms with Gasteiger partial charge in [0.25, 0.3) is 0 Å². The zero-order valence-electron chi connectivity index (χ0n) is 13.5. The minimum atomic E-state index is -4.07. The van der Waals surface area contributed by atoms with Crippen LogP contribution < -0.4 is 9.62 Å². The predicted molar refractivity (Wildman–Crippen MR) is 90.7 cm³/mol. The van der Waals surface area contributed by atoms with E-state index in [1.54, 1.807) is 12.4 Å². The lowest BCUT2D eigenvalue weighted by Gasteiger charge is -2.33. The molecule has 3 rings (SSSR count). The Labute approximate surface area is 145 Å². The predicted octanol–water partition coefficient (Wildman–Crippen LogP) is 2.55. The molecule has 1 aromatic carbocycles. The van der Waals surface area contributed by atoms with Crippen LogP contribution in [0.2, 0.25) is 0 Å². The molecule has 0 atom stereocenters. The number of rotatable bonds is 5. The molecule has 2 aromatic rings. The molecule has 134 valence electrons. The summed E-state index contributed by atoms with van der Waals surface area (Å²) in [6.45, 7) is 1.83. The lowest BCUT2D eigenvalue weighted by atomic mass is 9.97. The number of benzene rings is 1. The van der Waals surface area contributed by atoms with Gasteiger partial charge < -0.3 is 4.90 Å². The Balaban J connectivity index is 1.57. The van der Waals surface area contributed by atoms with Crippen molar-refractivity contribution in [2.24, 2.45) is 5.92 Å². The summed E-state index contributed by atoms with van der Waals surface area (Å²) in [5.41, 5.74) is 1.09. The third kappa shape index (κ3) is 4.32. The summed E-state index contributed by atoms with van der Waals surface area (Å²) in [6.07, 6.45) is 5.11. The number of sulfonamides is 1. The number of anilines is 1. The van der Waals surface area contributed by atoms with E-state index in [1.807, 2.05) is 12.1 Å². The highest BCUT2D eigenvalue weighted by Gasteiger charge is 2.24. The van der Waals surface area contributed by atoms with Crippen LogP contribution in [0.3, 0.4) is 0 Å². The molecule has 2 heterocycles. The van der Waals surface area contributed by atoms with E-state index < -0.39 is 26.6 Å². The monoisotopic (exact) mass is 367 g/mol. The molecule has 1 fully saturated rings. The molecule has 0 radical (unpaired) electrons. The van der Waals surface area contributed by atoms with Gasteiger partial charge >= 0.3 is 0 Å². The molecule has 0 saturated carbocycles. The zero-order valence-corrected chi connectivity index (χ0v) is 14.3. The number of halogens is 2. The molecule has 8 heteroatoms. The molecular weight excluding hydrogens is 348 g/mol. The first-order valence-corrected chi connectivity index (χ1v) is 9.54. The maximum Gasteiger partial charge on any atom is 0.243 e. The molecule has 5 nitrogen and oxygen atoms in total. The van der Waals surface area contributed by atoms with Gasteiger partial charge in [-0.15, -0.1) is 0 Å². The first kappa shape index (κ1) is 17.8. The van der Waals surface area contributed by atoms with Crippen molar-refractivity contribution in [2.45, 2.75) is 17.7 Å². The van der Waals surface area contributed by atoms with Gasteiger partial charge in [-0.3, -0.25) is 4.98 Å². The highest BCUT2D eigenvalue weighted by molar-refractivity contribution is 7.89. The Kier molecular flexibility index (Phi) is 5.29. The second-order valence-corrected chi connectivity index (χ2v) is 7.80. The minimum absolute atomic E-state index is 0.157. The van der Waals surface area contributed by atoms with E-state index in [4.69, 9.17) is 0 Å². The van der Waals surface area contributed by atoms with Gasteiger partial charge in [0, 0.05) is 37.7 Å². The first-order chi connectivity index (χ1) is 12.0. The molecule has 0 spiro atoms. The quantitative estimate of drug-likeness (QED) is 0.882. The number of nitrogens with zero attached hydrogens (tertiary/aromatic N) is 2. The van der Waals surface area contributed by atoms with Crippen LogP contribution >= 0.6 is 0 Å². The van der Waals surface area contributed by atoms with Gasteiger partial charge in [-0.05, 0) is 49.1 Å². The maximum absolute atomic E-state index is 13.7. The molecule has 25 heavy (non-hydrogen) atoms. The van der Waals surface area contributed by atoms with Gasteiger partial charge in [0.2, 0.25) is 10.0 Å². The maximum atomic E-state index is 13.7. The van der Waals surface area contributed by atoms with E-state index in [0.717, 1.165) is 43.8 Å². The van der Waals surface area contributed by atoms with Crippen molar-refractivity contribution in [2.75, 3.05) is 24.5 Å². The van der Waals surface area contributed by atoms with Gasteiger partial charge in [-0.2, -0.15) is 0 Å². The second-order valence-electron chi connectivity index (χ2n) is 6.06. The van der Waals surface area contributed by atoms with E-state index in [0.29, 0.717) is 6.07 Å². The van der Waals surface area contributed by atoms with Gasteiger partial charge in [0.1, 0.15) is 16.5 Å². The number of nitrogens with one attached hydrogen (secondary N) is 1. The fourth-order valence-corrected chi connectivity index (χ4v) is 4.14. The van der Waals surface area contributed by atoms with Crippen LogP contribution in [-0.4, -0.2) is 33.0 Å². The third-order valence-electron chi connectivity index (χ3n) is 4.39. The summed E-state index contributed by atoms with van der Waals surface area (Å²) >= 11 is 0. The van der Waals surface area contributed by atoms with E-state index in [1.165, 1.54) is 0 Å². The Morgan fingerprint density at radius 2 is 1.80 bits per heavy atom. The molecule has 0 bridgehead atoms. The van der Waals surface area contributed by atoms with Crippen molar-refractivity contribution in [3.8, 4) is 0 Å². The van der Waals surface area contributed by atoms with Crippen molar-refractivity contribution in [1.29, 1.82) is 0 Å². The fourth-order valence-electron chi connectivity index (χ4n) is 2.94. The van der Waals surface area contributed by atoms with Crippen LogP contribution in [0.25, 0.3) is 0 Å². The highest BCUT2D eigenvalue weighted by Crippen LogP contribution is 2.23. The Morgan fingerprint density at radius 3 is 2.48 bits per heavy atom. The van der Waals surface area contributed by atoms with Crippen molar-refractivity contribution in [3.05, 3.63) is 54.4 Å². The number of aromatic nitrogens is 1. The Hall–Kier alpha value is -2.06. The number of hydrogen-bond donors (Lipinski definition) is 1. The minimum Gasteiger partial charge on any atom is -0.371 e. The van der Waals surface area contributed by atoms with Gasteiger partial charge in [-0.25, -0.2) is 21.9 Å². The van der Waals surface area contributed by atoms with Crippen LogP contribution in [0.15, 0.2) is 47.6 Å². The number of pyridine rings is 1. The van der Waals surface area contributed by atoms with Gasteiger partial charge in [-0.1, -0.05) is 0 Å². The van der Waals surface area contributed by atoms with Crippen molar-refractivity contribution >= 4 is 15.7 Å². The van der Waals surface area contributed by atoms with E-state index in [9.17, 15) is 17.2 Å². The molecule has 0 aliphatic carbocycles. The average molecular weight is 367 g/mol. The summed E-state index contributed by atoms with van der Waals surface area (Å²) in [4.78, 5) is 5.56. The molecular formula is C17H19F2N3O2S. The molecule has 0 amide bonds. The Morgan fingerprint density at radius 1 is 1.12 bits per heavy atom. The van der Waals surface area contributed by atoms with Crippen molar-refractivity contribution < 1.29 is 17.2 Å². The summed E-state index contributed by atoms with van der Waals surface area (Å²) in [7, 11) is -4.07. The average Bonchev–Trinajstić information content (AvgIpc) is 2.63. The van der Waals surface area contributed by atoms with Crippen molar-refractivity contribution in [1.82, 2.24) is 9.71 Å². The summed E-state index contributed by atoms with van der Waals surface area (Å²) in [6, 6.07) is 6.29. The van der Waals surface area contributed by atoms with E-state index in [-0.39, 0.29) is 12.5 Å². The van der Waals surface area contributed by atoms with Crippen LogP contribution in [0.4, 0.5) is 14.5 Å². The second kappa shape index (κ2) is 7.45. The smallest absolute Gasteiger partial charge is 0.243 e. The first-order valence-electron chi connectivity index (χ1n) is 8.05. The van der Waals surface area contributed by atoms with Crippen LogP contribution in [0, 0.1) is 17.6 Å². The largest absolute Gasteiger partial charge is 0.371 e. The van der Waals surface area contributed by atoms with E-state index >= 15 is 0 Å². The van der Waals surface area contributed by atoms with Crippen molar-refractivity contribution in [3.63, 3.8) is 0 Å². The fraction of sp³-hybridized carbons (Fsp3) is 0.353. The van der Waals surface area contributed by atoms with Crippen LogP contribution in [-0.2, 0) is 10.0 Å². The molecule has 1 aliphatic rings. The van der Waals surface area contributed by atoms with E-state index in [2.05, 4.69) is 14.6 Å². The molecule has 0 unspecified atom stereocenters. The Bertz CT molecular complexity index is 823. The highest BCUT2D eigenvalue weighted by atomic mass is 32.2. The molecule has 1 saturated heterocycles. The normalized spacial score (nSPS) is 16.2. The summed E-state index contributed by atoms with van der Waals surface area (Å²) in [5, 5.41) is 0. The summed E-state index contributed by atoms with van der Waals surface area (Å²) in [5.74, 6) is -1.58. The lowest BCUT2D eigenvalue weighted by Crippen LogP contribution is -2.38. The molecule has 1 aromatic heterocycles. The lowest BCUT2D eigenvalue weighted by molar-refractivity contribution is 0.401. The van der Waals surface area contributed by atoms with Crippen LogP contribution in [0.1, 0.15) is 12.8 Å². The third-order valence-corrected chi connectivity index (χ3v) is 5.83. The van der Waals surface area contributed by atoms with Crippen LogP contribution in [0.5, 0.6) is 0 Å². The van der Waals surface area contributed by atoms with Gasteiger partial charge in [0.05, 0.1) is 0 Å². The zero-order chi connectivity index (χ0) is 17.9. The standard InChI is InChI=1S/C17H19F2N3O2S/c18-14-1-2-16(19)17(11-14)25(23,24)21-12-13-5-9-22(10-6-13)15-3-7-20-8-4-15/h1-4,7-8,11,13,21H,5-6,9-10,12H2. The number of hydrogen-bond acceptors (Lipinski definition) is 4.